The largest absolute Gasteiger partial charge is 0.298 e. The number of thiophene rings is 1. The molecule has 1 aromatic carbocycles. The minimum Gasteiger partial charge on any atom is -0.298 e. The first-order chi connectivity index (χ1) is 11.1. The van der Waals surface area contributed by atoms with E-state index in [-0.39, 0.29) is 10.7 Å². The minimum atomic E-state index is -0.463. The number of nitrogens with zero attached hydrogens (tertiary/aromatic N) is 1. The normalized spacial score (nSPS) is 16.8. The molecule has 0 atom stereocenters. The third kappa shape index (κ3) is 3.09. The molecular weight excluding hydrogens is 328 g/mol. The van der Waals surface area contributed by atoms with Crippen molar-refractivity contribution in [3.05, 3.63) is 57.8 Å². The molecule has 1 aliphatic heterocycles. The van der Waals surface area contributed by atoms with Gasteiger partial charge in [-0.15, -0.1) is 11.3 Å². The van der Waals surface area contributed by atoms with Crippen LogP contribution >= 0.6 is 23.6 Å². The number of hydrogen-bond donors (Lipinski definition) is 1. The zero-order valence-corrected chi connectivity index (χ0v) is 14.0. The summed E-state index contributed by atoms with van der Waals surface area (Å²) in [5.41, 5.74) is 1.90. The van der Waals surface area contributed by atoms with Gasteiger partial charge in [-0.1, -0.05) is 25.1 Å². The summed E-state index contributed by atoms with van der Waals surface area (Å²) in [6, 6.07) is 11.3. The molecule has 0 spiro atoms. The molecule has 116 valence electrons. The highest BCUT2D eigenvalue weighted by Gasteiger charge is 2.34. The molecule has 1 aliphatic rings. The molecule has 2 amide bonds. The Morgan fingerprint density at radius 3 is 2.57 bits per heavy atom. The molecule has 0 bridgehead atoms. The maximum Gasteiger partial charge on any atom is 0.270 e. The van der Waals surface area contributed by atoms with Gasteiger partial charge >= 0.3 is 0 Å². The summed E-state index contributed by atoms with van der Waals surface area (Å²) in [5.74, 6) is -0.869. The second-order valence-electron chi connectivity index (χ2n) is 4.99. The van der Waals surface area contributed by atoms with Crippen LogP contribution < -0.4 is 10.2 Å². The number of nitrogens with one attached hydrogen (secondary N) is 1. The van der Waals surface area contributed by atoms with Gasteiger partial charge in [0.25, 0.3) is 11.8 Å². The zero-order chi connectivity index (χ0) is 16.4. The highest BCUT2D eigenvalue weighted by Crippen LogP contribution is 2.23. The molecule has 1 N–H and O–H groups in total. The van der Waals surface area contributed by atoms with Gasteiger partial charge in [0.1, 0.15) is 5.57 Å². The Morgan fingerprint density at radius 2 is 1.96 bits per heavy atom. The summed E-state index contributed by atoms with van der Waals surface area (Å²) < 4.78 is 0. The summed E-state index contributed by atoms with van der Waals surface area (Å²) >= 11 is 6.64. The van der Waals surface area contributed by atoms with Crippen molar-refractivity contribution in [2.75, 3.05) is 4.90 Å². The van der Waals surface area contributed by atoms with Crippen molar-refractivity contribution in [1.29, 1.82) is 0 Å². The fourth-order valence-corrected chi connectivity index (χ4v) is 3.23. The standard InChI is InChI=1S/C17H14N2O2S2/c1-2-11-5-7-12(8-6-11)19-16(21)14(15(20)18-17(19)22)10-13-4-3-9-23-13/h3-10H,2H2,1H3,(H,18,20,22)/b14-10+. The van der Waals surface area contributed by atoms with Gasteiger partial charge in [-0.05, 0) is 53.9 Å². The predicted octanol–water partition coefficient (Wildman–Crippen LogP) is 3.14. The van der Waals surface area contributed by atoms with Crippen LogP contribution in [0.25, 0.3) is 6.08 Å². The molecule has 4 nitrogen and oxygen atoms in total. The van der Waals surface area contributed by atoms with E-state index in [4.69, 9.17) is 12.2 Å². The predicted molar refractivity (Wildman–Crippen MR) is 96.3 cm³/mol. The number of aryl methyl sites for hydroxylation is 1. The average molecular weight is 342 g/mol. The van der Waals surface area contributed by atoms with E-state index in [0.29, 0.717) is 5.69 Å². The topological polar surface area (TPSA) is 49.4 Å². The van der Waals surface area contributed by atoms with Crippen molar-refractivity contribution in [2.45, 2.75) is 13.3 Å². The maximum atomic E-state index is 12.7. The second-order valence-corrected chi connectivity index (χ2v) is 6.36. The van der Waals surface area contributed by atoms with Gasteiger partial charge in [0.2, 0.25) is 0 Å². The number of thiocarbonyl (C=S) groups is 1. The van der Waals surface area contributed by atoms with Crippen LogP contribution in [0, 0.1) is 0 Å². The van der Waals surface area contributed by atoms with E-state index < -0.39 is 11.8 Å². The summed E-state index contributed by atoms with van der Waals surface area (Å²) in [7, 11) is 0. The Hall–Kier alpha value is -2.31. The first kappa shape index (κ1) is 15.6. The molecule has 0 saturated carbocycles. The number of anilines is 1. The molecule has 2 heterocycles. The number of hydrogen-bond acceptors (Lipinski definition) is 4. The first-order valence-electron chi connectivity index (χ1n) is 7.14. The van der Waals surface area contributed by atoms with Gasteiger partial charge < -0.3 is 0 Å². The van der Waals surface area contributed by atoms with Gasteiger partial charge in [0, 0.05) is 4.88 Å². The monoisotopic (exact) mass is 342 g/mol. The van der Waals surface area contributed by atoms with Gasteiger partial charge in [0.05, 0.1) is 5.69 Å². The maximum absolute atomic E-state index is 12.7. The third-order valence-electron chi connectivity index (χ3n) is 3.53. The molecule has 1 saturated heterocycles. The third-order valence-corrected chi connectivity index (χ3v) is 4.64. The Balaban J connectivity index is 1.98. The van der Waals surface area contributed by atoms with Gasteiger partial charge in [-0.3, -0.25) is 19.8 Å². The lowest BCUT2D eigenvalue weighted by Crippen LogP contribution is -2.54. The molecule has 23 heavy (non-hydrogen) atoms. The lowest BCUT2D eigenvalue weighted by molar-refractivity contribution is -0.122. The Morgan fingerprint density at radius 1 is 1.22 bits per heavy atom. The van der Waals surface area contributed by atoms with Crippen molar-refractivity contribution in [3.8, 4) is 0 Å². The zero-order valence-electron chi connectivity index (χ0n) is 12.4. The molecule has 3 rings (SSSR count). The lowest BCUT2D eigenvalue weighted by Gasteiger charge is -2.29. The van der Waals surface area contributed by atoms with Crippen molar-refractivity contribution >= 4 is 52.2 Å². The minimum absolute atomic E-state index is 0.0839. The van der Waals surface area contributed by atoms with E-state index in [1.165, 1.54) is 21.8 Å². The number of amides is 2. The SMILES string of the molecule is CCc1ccc(N2C(=O)/C(=C/c3cccs3)C(=O)NC2=S)cc1. The van der Waals surface area contributed by atoms with E-state index in [1.807, 2.05) is 41.8 Å². The Labute approximate surface area is 143 Å². The van der Waals surface area contributed by atoms with Gasteiger partial charge in [-0.25, -0.2) is 0 Å². The first-order valence-corrected chi connectivity index (χ1v) is 8.43. The van der Waals surface area contributed by atoms with Crippen LogP contribution in [-0.4, -0.2) is 16.9 Å². The Kier molecular flexibility index (Phi) is 4.36. The lowest BCUT2D eigenvalue weighted by atomic mass is 10.1. The van der Waals surface area contributed by atoms with E-state index in [1.54, 1.807) is 6.08 Å². The average Bonchev–Trinajstić information content (AvgIpc) is 3.05. The van der Waals surface area contributed by atoms with E-state index in [9.17, 15) is 9.59 Å². The molecule has 0 radical (unpaired) electrons. The van der Waals surface area contributed by atoms with Crippen LogP contribution in [0.3, 0.4) is 0 Å². The van der Waals surface area contributed by atoms with Crippen molar-refractivity contribution in [3.63, 3.8) is 0 Å². The van der Waals surface area contributed by atoms with E-state index in [2.05, 4.69) is 12.2 Å². The van der Waals surface area contributed by atoms with Crippen LogP contribution in [0.1, 0.15) is 17.4 Å². The van der Waals surface area contributed by atoms with Gasteiger partial charge in [-0.2, -0.15) is 0 Å². The van der Waals surface area contributed by atoms with Crippen LogP contribution in [0.15, 0.2) is 47.4 Å². The molecule has 0 aliphatic carbocycles. The van der Waals surface area contributed by atoms with Gasteiger partial charge in [0.15, 0.2) is 5.11 Å². The molecule has 6 heteroatoms. The molecular formula is C17H14N2O2S2. The number of carbonyl (C=O) groups is 2. The van der Waals surface area contributed by atoms with E-state index in [0.717, 1.165) is 11.3 Å². The molecule has 2 aromatic rings. The second kappa shape index (κ2) is 6.44. The fourth-order valence-electron chi connectivity index (χ4n) is 2.29. The van der Waals surface area contributed by atoms with Crippen LogP contribution in [-0.2, 0) is 16.0 Å². The number of carbonyl (C=O) groups excluding carboxylic acids is 2. The van der Waals surface area contributed by atoms with Crippen molar-refractivity contribution in [1.82, 2.24) is 5.32 Å². The fraction of sp³-hybridized carbons (Fsp3) is 0.118. The molecule has 0 unspecified atom stereocenters. The quantitative estimate of drug-likeness (QED) is 0.530. The number of rotatable bonds is 3. The number of benzene rings is 1. The summed E-state index contributed by atoms with van der Waals surface area (Å²) in [6.07, 6.45) is 2.51. The van der Waals surface area contributed by atoms with Crippen LogP contribution in [0.2, 0.25) is 0 Å². The summed E-state index contributed by atoms with van der Waals surface area (Å²) in [5, 5.41) is 4.58. The van der Waals surface area contributed by atoms with Crippen LogP contribution in [0.4, 0.5) is 5.69 Å². The van der Waals surface area contributed by atoms with Crippen molar-refractivity contribution in [2.24, 2.45) is 0 Å². The molecule has 1 aromatic heterocycles. The smallest absolute Gasteiger partial charge is 0.270 e. The van der Waals surface area contributed by atoms with Crippen molar-refractivity contribution < 1.29 is 9.59 Å². The molecule has 1 fully saturated rings. The van der Waals surface area contributed by atoms with Crippen LogP contribution in [0.5, 0.6) is 0 Å². The highest BCUT2D eigenvalue weighted by molar-refractivity contribution is 7.80. The van der Waals surface area contributed by atoms with E-state index >= 15 is 0 Å². The Bertz CT molecular complexity index is 793. The highest BCUT2D eigenvalue weighted by atomic mass is 32.1. The summed E-state index contributed by atoms with van der Waals surface area (Å²) in [6.45, 7) is 2.06. The summed E-state index contributed by atoms with van der Waals surface area (Å²) in [4.78, 5) is 27.1.